The molecule has 0 radical (unpaired) electrons. The van der Waals surface area contributed by atoms with E-state index < -0.39 is 0 Å². The van der Waals surface area contributed by atoms with E-state index in [0.717, 1.165) is 49.4 Å². The van der Waals surface area contributed by atoms with Gasteiger partial charge >= 0.3 is 0 Å². The van der Waals surface area contributed by atoms with Crippen molar-refractivity contribution in [1.29, 1.82) is 5.41 Å². The Morgan fingerprint density at radius 2 is 1.85 bits per heavy atom. The molecule has 0 aliphatic carbocycles. The number of nitro benzene ring substituents is 1. The van der Waals surface area contributed by atoms with Gasteiger partial charge in [-0.05, 0) is 42.2 Å². The van der Waals surface area contributed by atoms with Crippen molar-refractivity contribution in [3.05, 3.63) is 68.8 Å². The van der Waals surface area contributed by atoms with E-state index in [1.807, 2.05) is 12.1 Å². The molecule has 2 aromatic carbocycles. The molecular weight excluding hydrogens is 328 g/mol. The van der Waals surface area contributed by atoms with Crippen molar-refractivity contribution in [3.63, 3.8) is 0 Å². The first-order valence-electron chi connectivity index (χ1n) is 8.81. The summed E-state index contributed by atoms with van der Waals surface area (Å²) >= 11 is 0. The van der Waals surface area contributed by atoms with E-state index in [-0.39, 0.29) is 10.6 Å². The summed E-state index contributed by atoms with van der Waals surface area (Å²) in [6.07, 6.45) is 1.41. The maximum atomic E-state index is 10.9. The molecule has 1 N–H and O–H groups in total. The summed E-state index contributed by atoms with van der Waals surface area (Å²) in [5.74, 6) is 0. The second kappa shape index (κ2) is 7.66. The Labute approximate surface area is 153 Å². The molecule has 2 aromatic rings. The molecule has 0 aromatic heterocycles. The molecule has 136 valence electrons. The average Bonchev–Trinajstić information content (AvgIpc) is 2.65. The number of hydrogen-bond acceptors (Lipinski definition) is 5. The Balaban J connectivity index is 1.65. The molecule has 26 heavy (non-hydrogen) atoms. The van der Waals surface area contributed by atoms with Gasteiger partial charge in [-0.25, -0.2) is 0 Å². The predicted molar refractivity (Wildman–Crippen MR) is 104 cm³/mol. The molecule has 0 atom stereocenters. The van der Waals surface area contributed by atoms with Crippen molar-refractivity contribution in [2.75, 3.05) is 31.1 Å². The van der Waals surface area contributed by atoms with Crippen molar-refractivity contribution in [2.45, 2.75) is 20.4 Å². The van der Waals surface area contributed by atoms with E-state index in [4.69, 9.17) is 5.41 Å². The molecule has 1 fully saturated rings. The Kier molecular flexibility index (Phi) is 5.32. The van der Waals surface area contributed by atoms with Crippen molar-refractivity contribution >= 4 is 17.6 Å². The van der Waals surface area contributed by atoms with E-state index in [1.54, 1.807) is 12.1 Å². The fourth-order valence-electron chi connectivity index (χ4n) is 3.50. The normalized spacial score (nSPS) is 15.1. The lowest BCUT2D eigenvalue weighted by molar-refractivity contribution is -0.384. The number of nitrogens with zero attached hydrogens (tertiary/aromatic N) is 3. The molecule has 0 amide bonds. The van der Waals surface area contributed by atoms with Gasteiger partial charge in [0.2, 0.25) is 0 Å². The Morgan fingerprint density at radius 3 is 2.50 bits per heavy atom. The summed E-state index contributed by atoms with van der Waals surface area (Å²) in [6, 6.07) is 11.0. The van der Waals surface area contributed by atoms with Crippen LogP contribution in [0.25, 0.3) is 0 Å². The minimum atomic E-state index is -0.343. The first kappa shape index (κ1) is 18.1. The number of anilines is 1. The summed E-state index contributed by atoms with van der Waals surface area (Å²) in [4.78, 5) is 15.3. The van der Waals surface area contributed by atoms with Crippen LogP contribution in [-0.4, -0.2) is 42.2 Å². The molecule has 6 heteroatoms. The van der Waals surface area contributed by atoms with Gasteiger partial charge in [-0.2, -0.15) is 0 Å². The number of non-ortho nitro benzene ring substituents is 1. The van der Waals surface area contributed by atoms with Crippen LogP contribution in [0.2, 0.25) is 0 Å². The highest BCUT2D eigenvalue weighted by molar-refractivity contribution is 5.81. The smallest absolute Gasteiger partial charge is 0.269 e. The Morgan fingerprint density at radius 1 is 1.12 bits per heavy atom. The number of nitrogens with one attached hydrogen (secondary N) is 1. The second-order valence-corrected chi connectivity index (χ2v) is 6.76. The van der Waals surface area contributed by atoms with Crippen molar-refractivity contribution in [1.82, 2.24) is 4.90 Å². The zero-order valence-corrected chi connectivity index (χ0v) is 15.2. The third kappa shape index (κ3) is 3.75. The summed E-state index contributed by atoms with van der Waals surface area (Å²) in [5, 5.41) is 18.4. The molecule has 1 heterocycles. The van der Waals surface area contributed by atoms with Gasteiger partial charge < -0.3 is 10.3 Å². The van der Waals surface area contributed by atoms with E-state index in [1.165, 1.54) is 23.5 Å². The first-order valence-corrected chi connectivity index (χ1v) is 8.81. The van der Waals surface area contributed by atoms with E-state index in [2.05, 4.69) is 29.7 Å². The summed E-state index contributed by atoms with van der Waals surface area (Å²) in [6.45, 7) is 8.63. The fourth-order valence-corrected chi connectivity index (χ4v) is 3.50. The van der Waals surface area contributed by atoms with Crippen molar-refractivity contribution in [3.8, 4) is 0 Å². The highest BCUT2D eigenvalue weighted by atomic mass is 16.6. The zero-order valence-electron chi connectivity index (χ0n) is 15.2. The summed E-state index contributed by atoms with van der Waals surface area (Å²) in [5.41, 5.74) is 5.74. The number of nitro groups is 1. The minimum absolute atomic E-state index is 0.151. The van der Waals surface area contributed by atoms with Crippen molar-refractivity contribution < 1.29 is 4.92 Å². The maximum Gasteiger partial charge on any atom is 0.269 e. The minimum Gasteiger partial charge on any atom is -0.369 e. The van der Waals surface area contributed by atoms with Gasteiger partial charge in [0, 0.05) is 56.8 Å². The zero-order chi connectivity index (χ0) is 18.7. The predicted octanol–water partition coefficient (Wildman–Crippen LogP) is 3.53. The van der Waals surface area contributed by atoms with Crippen LogP contribution in [0.4, 0.5) is 11.4 Å². The van der Waals surface area contributed by atoms with Gasteiger partial charge in [0.05, 0.1) is 4.92 Å². The molecule has 0 bridgehead atoms. The van der Waals surface area contributed by atoms with E-state index in [0.29, 0.717) is 0 Å². The monoisotopic (exact) mass is 352 g/mol. The van der Waals surface area contributed by atoms with Crippen LogP contribution in [-0.2, 0) is 6.54 Å². The van der Waals surface area contributed by atoms with Crippen LogP contribution < -0.4 is 4.90 Å². The lowest BCUT2D eigenvalue weighted by Crippen LogP contribution is -2.46. The average molecular weight is 352 g/mol. The maximum absolute atomic E-state index is 10.9. The molecular formula is C20H24N4O2. The molecule has 3 rings (SSSR count). The number of benzene rings is 2. The molecule has 6 nitrogen and oxygen atoms in total. The second-order valence-electron chi connectivity index (χ2n) is 6.76. The third-order valence-electron chi connectivity index (χ3n) is 5.20. The quantitative estimate of drug-likeness (QED) is 0.507. The van der Waals surface area contributed by atoms with Crippen LogP contribution in [0.3, 0.4) is 0 Å². The van der Waals surface area contributed by atoms with Crippen LogP contribution in [0.15, 0.2) is 36.4 Å². The van der Waals surface area contributed by atoms with Crippen LogP contribution in [0.5, 0.6) is 0 Å². The van der Waals surface area contributed by atoms with Crippen LogP contribution in [0, 0.1) is 29.4 Å². The number of rotatable bonds is 5. The highest BCUT2D eigenvalue weighted by Gasteiger charge is 2.20. The molecule has 0 unspecified atom stereocenters. The summed E-state index contributed by atoms with van der Waals surface area (Å²) in [7, 11) is 0. The largest absolute Gasteiger partial charge is 0.369 e. The van der Waals surface area contributed by atoms with Gasteiger partial charge in [0.15, 0.2) is 0 Å². The van der Waals surface area contributed by atoms with Crippen LogP contribution in [0.1, 0.15) is 22.3 Å². The standard InChI is InChI=1S/C20H24N4O2/c1-15-16(2)20(7-6-18(15)13-21)23-10-8-22(9-11-23)14-17-4-3-5-19(12-17)24(25)26/h3-7,12-13,21H,8-11,14H2,1-2H3. The molecule has 0 saturated carbocycles. The van der Waals surface area contributed by atoms with E-state index >= 15 is 0 Å². The third-order valence-corrected chi connectivity index (χ3v) is 5.20. The first-order chi connectivity index (χ1) is 12.5. The van der Waals surface area contributed by atoms with E-state index in [9.17, 15) is 10.1 Å². The van der Waals surface area contributed by atoms with Gasteiger partial charge in [-0.1, -0.05) is 18.2 Å². The molecule has 0 spiro atoms. The van der Waals surface area contributed by atoms with Gasteiger partial charge in [-0.15, -0.1) is 0 Å². The topological polar surface area (TPSA) is 73.5 Å². The molecule has 1 aliphatic heterocycles. The van der Waals surface area contributed by atoms with Gasteiger partial charge in [-0.3, -0.25) is 15.0 Å². The van der Waals surface area contributed by atoms with Crippen LogP contribution >= 0.6 is 0 Å². The molecule has 1 aliphatic rings. The highest BCUT2D eigenvalue weighted by Crippen LogP contribution is 2.26. The van der Waals surface area contributed by atoms with Gasteiger partial charge in [0.1, 0.15) is 0 Å². The number of piperazine rings is 1. The molecule has 1 saturated heterocycles. The lowest BCUT2D eigenvalue weighted by Gasteiger charge is -2.37. The van der Waals surface area contributed by atoms with Gasteiger partial charge in [0.25, 0.3) is 5.69 Å². The lowest BCUT2D eigenvalue weighted by atomic mass is 10.0. The Bertz CT molecular complexity index is 827. The SMILES string of the molecule is Cc1c(C=N)ccc(N2CCN(Cc3cccc([N+](=O)[O-])c3)CC2)c1C. The Hall–Kier alpha value is -2.73. The van der Waals surface area contributed by atoms with Crippen molar-refractivity contribution in [2.24, 2.45) is 0 Å². The number of hydrogen-bond donors (Lipinski definition) is 1. The fraction of sp³-hybridized carbons (Fsp3) is 0.350. The summed E-state index contributed by atoms with van der Waals surface area (Å²) < 4.78 is 0.